The molecule has 0 amide bonds. The lowest BCUT2D eigenvalue weighted by atomic mass is 10.1. The van der Waals surface area contributed by atoms with Crippen LogP contribution in [-0.4, -0.2) is 27.0 Å². The lowest BCUT2D eigenvalue weighted by molar-refractivity contribution is 0.102. The van der Waals surface area contributed by atoms with Crippen LogP contribution in [0.15, 0.2) is 36.9 Å². The molecular weight excluding hydrogens is 206 g/mol. The third-order valence-electron chi connectivity index (χ3n) is 1.98. The molecule has 0 N–H and O–H groups in total. The van der Waals surface area contributed by atoms with Crippen molar-refractivity contribution >= 4 is 12.1 Å². The lowest BCUT2D eigenvalue weighted by Crippen LogP contribution is -2.09. The van der Waals surface area contributed by atoms with Crippen molar-refractivity contribution in [3.63, 3.8) is 0 Å². The van der Waals surface area contributed by atoms with Crippen LogP contribution in [0.3, 0.4) is 0 Å². The van der Waals surface area contributed by atoms with E-state index in [1.807, 2.05) is 0 Å². The highest BCUT2D eigenvalue weighted by molar-refractivity contribution is 6.10. The van der Waals surface area contributed by atoms with Crippen molar-refractivity contribution in [2.24, 2.45) is 0 Å². The Morgan fingerprint density at radius 1 is 1.19 bits per heavy atom. The number of rotatable bonds is 3. The molecule has 0 spiro atoms. The Bertz CT molecular complexity index is 526. The molecule has 0 atom stereocenters. The van der Waals surface area contributed by atoms with E-state index < -0.39 is 5.78 Å². The van der Waals surface area contributed by atoms with Crippen molar-refractivity contribution in [2.45, 2.75) is 0 Å². The number of aldehydes is 1. The van der Waals surface area contributed by atoms with Gasteiger partial charge in [-0.3, -0.25) is 19.6 Å². The average Bonchev–Trinajstić information content (AvgIpc) is 2.39. The SMILES string of the molecule is O=Cc1cccnc1C(=O)c1cnccn1. The van der Waals surface area contributed by atoms with Gasteiger partial charge in [0.2, 0.25) is 5.78 Å². The maximum absolute atomic E-state index is 11.9. The third kappa shape index (κ3) is 1.83. The van der Waals surface area contributed by atoms with E-state index in [1.165, 1.54) is 30.9 Å². The molecule has 5 heteroatoms. The van der Waals surface area contributed by atoms with Crippen LogP contribution in [0.1, 0.15) is 26.5 Å². The Hall–Kier alpha value is -2.43. The van der Waals surface area contributed by atoms with Gasteiger partial charge in [-0.05, 0) is 12.1 Å². The summed E-state index contributed by atoms with van der Waals surface area (Å²) in [6.07, 6.45) is 6.27. The van der Waals surface area contributed by atoms with Crippen molar-refractivity contribution in [2.75, 3.05) is 0 Å². The van der Waals surface area contributed by atoms with Gasteiger partial charge < -0.3 is 0 Å². The summed E-state index contributed by atoms with van der Waals surface area (Å²) in [4.78, 5) is 34.2. The molecule has 2 aromatic rings. The van der Waals surface area contributed by atoms with Gasteiger partial charge in [-0.15, -0.1) is 0 Å². The topological polar surface area (TPSA) is 72.8 Å². The van der Waals surface area contributed by atoms with Gasteiger partial charge in [0.1, 0.15) is 11.4 Å². The van der Waals surface area contributed by atoms with Gasteiger partial charge in [0.05, 0.1) is 6.20 Å². The second-order valence-electron chi connectivity index (χ2n) is 2.98. The van der Waals surface area contributed by atoms with E-state index in [9.17, 15) is 9.59 Å². The van der Waals surface area contributed by atoms with Gasteiger partial charge >= 0.3 is 0 Å². The van der Waals surface area contributed by atoms with Crippen molar-refractivity contribution < 1.29 is 9.59 Å². The molecule has 0 aliphatic heterocycles. The number of hydrogen-bond acceptors (Lipinski definition) is 5. The number of hydrogen-bond donors (Lipinski definition) is 0. The molecule has 2 rings (SSSR count). The highest BCUT2D eigenvalue weighted by Gasteiger charge is 2.15. The Labute approximate surface area is 91.2 Å². The van der Waals surface area contributed by atoms with Crippen molar-refractivity contribution in [3.8, 4) is 0 Å². The Kier molecular flexibility index (Phi) is 2.77. The number of pyridine rings is 1. The van der Waals surface area contributed by atoms with Crippen LogP contribution >= 0.6 is 0 Å². The summed E-state index contributed by atoms with van der Waals surface area (Å²) in [5, 5.41) is 0. The molecular formula is C11H7N3O2. The zero-order valence-corrected chi connectivity index (χ0v) is 8.20. The highest BCUT2D eigenvalue weighted by atomic mass is 16.1. The number of ketones is 1. The number of carbonyl (C=O) groups excluding carboxylic acids is 2. The molecule has 16 heavy (non-hydrogen) atoms. The third-order valence-corrected chi connectivity index (χ3v) is 1.98. The molecule has 0 aliphatic carbocycles. The quantitative estimate of drug-likeness (QED) is 0.559. The minimum atomic E-state index is -0.407. The first-order valence-corrected chi connectivity index (χ1v) is 4.54. The Morgan fingerprint density at radius 3 is 2.75 bits per heavy atom. The van der Waals surface area contributed by atoms with E-state index in [2.05, 4.69) is 15.0 Å². The first-order valence-electron chi connectivity index (χ1n) is 4.54. The Balaban J connectivity index is 2.46. The summed E-state index contributed by atoms with van der Waals surface area (Å²) in [7, 11) is 0. The molecule has 0 fully saturated rings. The molecule has 0 bridgehead atoms. The molecule has 78 valence electrons. The summed E-state index contributed by atoms with van der Waals surface area (Å²) in [5.74, 6) is -0.407. The summed E-state index contributed by atoms with van der Waals surface area (Å²) < 4.78 is 0. The Morgan fingerprint density at radius 2 is 2.06 bits per heavy atom. The van der Waals surface area contributed by atoms with Crippen LogP contribution in [0.4, 0.5) is 0 Å². The maximum atomic E-state index is 11.9. The fourth-order valence-electron chi connectivity index (χ4n) is 1.24. The normalized spacial score (nSPS) is 9.75. The predicted molar refractivity (Wildman–Crippen MR) is 55.1 cm³/mol. The van der Waals surface area contributed by atoms with Gasteiger partial charge in [0.15, 0.2) is 6.29 Å². The smallest absolute Gasteiger partial charge is 0.231 e. The molecule has 0 saturated heterocycles. The van der Waals surface area contributed by atoms with Crippen LogP contribution in [0.25, 0.3) is 0 Å². The summed E-state index contributed by atoms with van der Waals surface area (Å²) in [6.45, 7) is 0. The van der Waals surface area contributed by atoms with Gasteiger partial charge in [-0.25, -0.2) is 4.98 Å². The van der Waals surface area contributed by atoms with Crippen LogP contribution < -0.4 is 0 Å². The van der Waals surface area contributed by atoms with E-state index in [4.69, 9.17) is 0 Å². The van der Waals surface area contributed by atoms with Crippen LogP contribution in [0.2, 0.25) is 0 Å². The molecule has 0 saturated carbocycles. The van der Waals surface area contributed by atoms with Gasteiger partial charge in [0.25, 0.3) is 0 Å². The van der Waals surface area contributed by atoms with Crippen molar-refractivity contribution in [3.05, 3.63) is 53.9 Å². The van der Waals surface area contributed by atoms with E-state index >= 15 is 0 Å². The van der Waals surface area contributed by atoms with Crippen molar-refractivity contribution in [1.82, 2.24) is 15.0 Å². The van der Waals surface area contributed by atoms with E-state index in [0.717, 1.165) is 0 Å². The molecule has 2 heterocycles. The largest absolute Gasteiger partial charge is 0.298 e. The van der Waals surface area contributed by atoms with Crippen LogP contribution in [0.5, 0.6) is 0 Å². The van der Waals surface area contributed by atoms with Gasteiger partial charge in [-0.2, -0.15) is 0 Å². The minimum Gasteiger partial charge on any atom is -0.298 e. The number of aromatic nitrogens is 3. The second-order valence-corrected chi connectivity index (χ2v) is 2.98. The number of carbonyl (C=O) groups is 2. The highest BCUT2D eigenvalue weighted by Crippen LogP contribution is 2.07. The van der Waals surface area contributed by atoms with E-state index in [0.29, 0.717) is 6.29 Å². The van der Waals surface area contributed by atoms with Gasteiger partial charge in [-0.1, -0.05) is 0 Å². The molecule has 0 aliphatic rings. The first-order chi connectivity index (χ1) is 7.83. The monoisotopic (exact) mass is 213 g/mol. The summed E-state index contributed by atoms with van der Waals surface area (Å²) >= 11 is 0. The summed E-state index contributed by atoms with van der Waals surface area (Å²) in [6, 6.07) is 3.13. The standard InChI is InChI=1S/C11H7N3O2/c15-7-8-2-1-3-14-10(8)11(16)9-6-12-4-5-13-9/h1-7H. The molecule has 2 aromatic heterocycles. The van der Waals surface area contributed by atoms with Crippen LogP contribution in [0, 0.1) is 0 Å². The zero-order valence-electron chi connectivity index (χ0n) is 8.20. The average molecular weight is 213 g/mol. The fraction of sp³-hybridized carbons (Fsp3) is 0. The molecule has 0 unspecified atom stereocenters. The van der Waals surface area contributed by atoms with Crippen LogP contribution in [-0.2, 0) is 0 Å². The summed E-state index contributed by atoms with van der Waals surface area (Å²) in [5.41, 5.74) is 0.514. The lowest BCUT2D eigenvalue weighted by Gasteiger charge is -2.00. The second kappa shape index (κ2) is 4.39. The van der Waals surface area contributed by atoms with E-state index in [1.54, 1.807) is 6.07 Å². The van der Waals surface area contributed by atoms with Crippen molar-refractivity contribution in [1.29, 1.82) is 0 Å². The zero-order chi connectivity index (χ0) is 11.4. The van der Waals surface area contributed by atoms with Gasteiger partial charge in [0, 0.05) is 24.2 Å². The molecule has 5 nitrogen and oxygen atoms in total. The predicted octanol–water partition coefficient (Wildman–Crippen LogP) is 0.915. The minimum absolute atomic E-state index is 0.0954. The molecule has 0 radical (unpaired) electrons. The maximum Gasteiger partial charge on any atom is 0.231 e. The van der Waals surface area contributed by atoms with E-state index in [-0.39, 0.29) is 17.0 Å². The number of nitrogens with zero attached hydrogens (tertiary/aromatic N) is 3. The molecule has 0 aromatic carbocycles. The first kappa shape index (κ1) is 10.1. The fourth-order valence-corrected chi connectivity index (χ4v) is 1.24.